The highest BCUT2D eigenvalue weighted by molar-refractivity contribution is 5.95. The summed E-state index contributed by atoms with van der Waals surface area (Å²) in [5.74, 6) is 2.57. The molecule has 3 aromatic rings. The number of fused-ring (bicyclic) bond motifs is 1. The molecule has 0 bridgehead atoms. The lowest BCUT2D eigenvalue weighted by Crippen LogP contribution is -2.42. The van der Waals surface area contributed by atoms with Gasteiger partial charge in [-0.3, -0.25) is 0 Å². The third kappa shape index (κ3) is 8.03. The van der Waals surface area contributed by atoms with Crippen LogP contribution in [0.3, 0.4) is 0 Å². The number of carbonyl (C=O) groups excluding carboxylic acids is 1. The average molecular weight is 576 g/mol. The van der Waals surface area contributed by atoms with Crippen LogP contribution in [0, 0.1) is 19.8 Å². The van der Waals surface area contributed by atoms with E-state index < -0.39 is 5.60 Å². The predicted molar refractivity (Wildman–Crippen MR) is 167 cm³/mol. The van der Waals surface area contributed by atoms with Crippen LogP contribution in [0.4, 0.5) is 22.2 Å². The Labute approximate surface area is 249 Å². The number of anilines is 3. The Balaban J connectivity index is 1.35. The first-order chi connectivity index (χ1) is 20.1. The summed E-state index contributed by atoms with van der Waals surface area (Å²) in [6.45, 7) is 12.1. The van der Waals surface area contributed by atoms with E-state index in [4.69, 9.17) is 24.2 Å². The fourth-order valence-corrected chi connectivity index (χ4v) is 5.55. The van der Waals surface area contributed by atoms with Gasteiger partial charge in [-0.2, -0.15) is 4.98 Å². The largest absolute Gasteiger partial charge is 0.492 e. The highest BCUT2D eigenvalue weighted by Gasteiger charge is 2.26. The zero-order chi connectivity index (χ0) is 29.7. The third-order valence-electron chi connectivity index (χ3n) is 8.05. The van der Waals surface area contributed by atoms with Crippen LogP contribution in [0.1, 0.15) is 70.4 Å². The second kappa shape index (κ2) is 13.2. The number of nitrogens with zero attached hydrogens (tertiary/aromatic N) is 2. The standard InChI is InChI=1S/C33H45N5O4/c1-21-9-10-26(19-22(21)2)35-31-37-27-7-6-8-28(41-20-23-15-17-40-18-16-23)29(27)30(38-31)34-24-11-13-25(14-12-24)36-32(39)42-33(3,4)5/h6-10,19,23-25H,11-18,20H2,1-5H3,(H,36,39)(H2,34,35,37,38). The highest BCUT2D eigenvalue weighted by atomic mass is 16.6. The van der Waals surface area contributed by atoms with E-state index in [0.29, 0.717) is 18.5 Å². The summed E-state index contributed by atoms with van der Waals surface area (Å²) in [6, 6.07) is 12.6. The summed E-state index contributed by atoms with van der Waals surface area (Å²) < 4.78 is 17.4. The molecule has 3 N–H and O–H groups in total. The number of aromatic nitrogens is 2. The minimum atomic E-state index is -0.509. The molecule has 9 heteroatoms. The quantitative estimate of drug-likeness (QED) is 0.263. The van der Waals surface area contributed by atoms with Crippen LogP contribution in [0.25, 0.3) is 10.9 Å². The lowest BCUT2D eigenvalue weighted by molar-refractivity contribution is 0.0491. The highest BCUT2D eigenvalue weighted by Crippen LogP contribution is 2.34. The molecule has 1 amide bonds. The number of ether oxygens (including phenoxy) is 3. The molecule has 1 aromatic heterocycles. The predicted octanol–water partition coefficient (Wildman–Crippen LogP) is 7.04. The lowest BCUT2D eigenvalue weighted by Gasteiger charge is -2.31. The first kappa shape index (κ1) is 29.9. The zero-order valence-corrected chi connectivity index (χ0v) is 25.6. The van der Waals surface area contributed by atoms with Gasteiger partial charge in [0.25, 0.3) is 0 Å². The number of benzene rings is 2. The molecule has 1 saturated carbocycles. The Morgan fingerprint density at radius 2 is 1.69 bits per heavy atom. The second-order valence-corrected chi connectivity index (χ2v) is 12.7. The van der Waals surface area contributed by atoms with Gasteiger partial charge in [0, 0.05) is 31.0 Å². The summed E-state index contributed by atoms with van der Waals surface area (Å²) in [6.07, 6.45) is 5.19. The van der Waals surface area contributed by atoms with Gasteiger partial charge >= 0.3 is 6.09 Å². The van der Waals surface area contributed by atoms with E-state index in [9.17, 15) is 4.79 Å². The third-order valence-corrected chi connectivity index (χ3v) is 8.05. The van der Waals surface area contributed by atoms with Gasteiger partial charge in [0.15, 0.2) is 0 Å². The van der Waals surface area contributed by atoms with Crippen molar-refractivity contribution in [3.63, 3.8) is 0 Å². The van der Waals surface area contributed by atoms with Crippen LogP contribution < -0.4 is 20.7 Å². The normalized spacial score (nSPS) is 19.7. The minimum absolute atomic E-state index is 0.0976. The Morgan fingerprint density at radius 3 is 2.40 bits per heavy atom. The molecule has 0 atom stereocenters. The molecular formula is C33H45N5O4. The van der Waals surface area contributed by atoms with Gasteiger partial charge in [-0.25, -0.2) is 9.78 Å². The molecule has 2 aliphatic rings. The summed E-state index contributed by atoms with van der Waals surface area (Å²) in [5, 5.41) is 11.1. The van der Waals surface area contributed by atoms with Crippen molar-refractivity contribution in [1.29, 1.82) is 0 Å². The smallest absolute Gasteiger partial charge is 0.407 e. The summed E-state index contributed by atoms with van der Waals surface area (Å²) in [7, 11) is 0. The van der Waals surface area contributed by atoms with E-state index in [2.05, 4.69) is 48.0 Å². The van der Waals surface area contributed by atoms with Gasteiger partial charge in [0.05, 0.1) is 17.5 Å². The molecule has 1 aliphatic carbocycles. The van der Waals surface area contributed by atoms with Crippen molar-refractivity contribution in [3.8, 4) is 5.75 Å². The van der Waals surface area contributed by atoms with Gasteiger partial charge in [-0.1, -0.05) is 12.1 Å². The van der Waals surface area contributed by atoms with Crippen LogP contribution in [-0.2, 0) is 9.47 Å². The lowest BCUT2D eigenvalue weighted by atomic mass is 9.91. The maximum Gasteiger partial charge on any atom is 0.407 e. The number of alkyl carbamates (subject to hydrolysis) is 1. The van der Waals surface area contributed by atoms with Crippen molar-refractivity contribution >= 4 is 34.4 Å². The Kier molecular flexibility index (Phi) is 9.36. The van der Waals surface area contributed by atoms with E-state index in [0.717, 1.165) is 79.9 Å². The van der Waals surface area contributed by atoms with Crippen molar-refractivity contribution < 1.29 is 19.0 Å². The SMILES string of the molecule is Cc1ccc(Nc2nc(NC3CCC(NC(=O)OC(C)(C)C)CC3)c3c(OCC4CCOCC4)cccc3n2)cc1C. The van der Waals surface area contributed by atoms with Crippen LogP contribution in [-0.4, -0.2) is 53.6 Å². The van der Waals surface area contributed by atoms with Crippen molar-refractivity contribution in [2.75, 3.05) is 30.5 Å². The molecule has 5 rings (SSSR count). The number of aryl methyl sites for hydroxylation is 2. The second-order valence-electron chi connectivity index (χ2n) is 12.7. The number of carbonyl (C=O) groups is 1. The monoisotopic (exact) mass is 575 g/mol. The van der Waals surface area contributed by atoms with Gasteiger partial charge in [-0.15, -0.1) is 0 Å². The molecule has 0 unspecified atom stereocenters. The first-order valence-corrected chi connectivity index (χ1v) is 15.2. The molecule has 2 heterocycles. The molecule has 1 saturated heterocycles. The van der Waals surface area contributed by atoms with Gasteiger partial charge in [0.2, 0.25) is 5.95 Å². The molecule has 2 aromatic carbocycles. The molecule has 0 spiro atoms. The number of hydrogen-bond acceptors (Lipinski definition) is 8. The van der Waals surface area contributed by atoms with Crippen molar-refractivity contribution in [3.05, 3.63) is 47.5 Å². The van der Waals surface area contributed by atoms with Gasteiger partial charge in [0.1, 0.15) is 17.2 Å². The van der Waals surface area contributed by atoms with E-state index in [-0.39, 0.29) is 18.2 Å². The number of rotatable bonds is 8. The van der Waals surface area contributed by atoms with E-state index >= 15 is 0 Å². The van der Waals surface area contributed by atoms with Crippen LogP contribution in [0.15, 0.2) is 36.4 Å². The fraction of sp³-hybridized carbons (Fsp3) is 0.545. The maximum atomic E-state index is 12.3. The first-order valence-electron chi connectivity index (χ1n) is 15.2. The molecule has 0 radical (unpaired) electrons. The molecule has 2 fully saturated rings. The molecular weight excluding hydrogens is 530 g/mol. The molecule has 1 aliphatic heterocycles. The average Bonchev–Trinajstić information content (AvgIpc) is 2.94. The van der Waals surface area contributed by atoms with Crippen LogP contribution in [0.2, 0.25) is 0 Å². The van der Waals surface area contributed by atoms with Crippen LogP contribution in [0.5, 0.6) is 5.75 Å². The molecule has 42 heavy (non-hydrogen) atoms. The van der Waals surface area contributed by atoms with Crippen molar-refractivity contribution in [1.82, 2.24) is 15.3 Å². The number of hydrogen-bond donors (Lipinski definition) is 3. The number of amides is 1. The Bertz CT molecular complexity index is 1370. The van der Waals surface area contributed by atoms with Crippen LogP contribution >= 0.6 is 0 Å². The van der Waals surface area contributed by atoms with E-state index in [1.807, 2.05) is 39.0 Å². The van der Waals surface area contributed by atoms with Gasteiger partial charge in [-0.05, 0) is 114 Å². The molecule has 226 valence electrons. The minimum Gasteiger partial charge on any atom is -0.492 e. The van der Waals surface area contributed by atoms with E-state index in [1.165, 1.54) is 11.1 Å². The maximum absolute atomic E-state index is 12.3. The Hall–Kier alpha value is -3.59. The topological polar surface area (TPSA) is 107 Å². The number of nitrogens with one attached hydrogen (secondary N) is 3. The van der Waals surface area contributed by atoms with E-state index in [1.54, 1.807) is 0 Å². The summed E-state index contributed by atoms with van der Waals surface area (Å²) >= 11 is 0. The fourth-order valence-electron chi connectivity index (χ4n) is 5.55. The van der Waals surface area contributed by atoms with Crippen molar-refractivity contribution in [2.45, 2.75) is 90.8 Å². The summed E-state index contributed by atoms with van der Waals surface area (Å²) in [4.78, 5) is 22.2. The zero-order valence-electron chi connectivity index (χ0n) is 25.6. The van der Waals surface area contributed by atoms with Gasteiger partial charge < -0.3 is 30.2 Å². The molecule has 9 nitrogen and oxygen atoms in total. The summed E-state index contributed by atoms with van der Waals surface area (Å²) in [5.41, 5.74) is 3.71. The van der Waals surface area contributed by atoms with Crippen molar-refractivity contribution in [2.24, 2.45) is 5.92 Å². The Morgan fingerprint density at radius 1 is 0.952 bits per heavy atom.